The Kier molecular flexibility index (Phi) is 5.03. The van der Waals surface area contributed by atoms with Crippen LogP contribution in [0.5, 0.6) is 0 Å². The van der Waals surface area contributed by atoms with E-state index >= 15 is 0 Å². The highest BCUT2D eigenvalue weighted by molar-refractivity contribution is 6.23. The summed E-state index contributed by atoms with van der Waals surface area (Å²) in [6.45, 7) is 1.84. The first-order valence-corrected chi connectivity index (χ1v) is 10.1. The van der Waals surface area contributed by atoms with Gasteiger partial charge in [-0.3, -0.25) is 29.5 Å². The molecular weight excluding hydrogens is 430 g/mol. The topological polar surface area (TPSA) is 127 Å². The number of carbonyl (C=O) groups excluding carboxylic acids is 4. The zero-order chi connectivity index (χ0) is 24.2. The number of hydrogen-bond donors (Lipinski definition) is 0. The number of rotatable bonds is 4. The highest BCUT2D eigenvalue weighted by atomic mass is 16.6. The number of methoxy groups -OCH3 is 1. The van der Waals surface area contributed by atoms with Crippen molar-refractivity contribution >= 4 is 29.5 Å². The van der Waals surface area contributed by atoms with E-state index in [0.717, 1.165) is 28.5 Å². The van der Waals surface area contributed by atoms with Crippen LogP contribution in [0.3, 0.4) is 0 Å². The molecule has 2 fully saturated rings. The third-order valence-corrected chi connectivity index (χ3v) is 6.55. The second-order valence-corrected chi connectivity index (χ2v) is 8.25. The molecule has 1 saturated carbocycles. The molecule has 2 aliphatic rings. The minimum atomic E-state index is -1.66. The number of nitrogens with zero attached hydrogens (tertiary/aromatic N) is 3. The van der Waals surface area contributed by atoms with Gasteiger partial charge in [-0.15, -0.1) is 0 Å². The van der Waals surface area contributed by atoms with Crippen molar-refractivity contribution in [2.24, 2.45) is 5.41 Å². The first-order chi connectivity index (χ1) is 15.6. The van der Waals surface area contributed by atoms with Crippen LogP contribution in [0.2, 0.25) is 0 Å². The molecule has 0 bridgehead atoms. The van der Waals surface area contributed by atoms with Gasteiger partial charge in [0.2, 0.25) is 11.8 Å². The monoisotopic (exact) mass is 451 g/mol. The number of nitro groups is 1. The lowest BCUT2D eigenvalue weighted by Crippen LogP contribution is -2.59. The predicted molar refractivity (Wildman–Crippen MR) is 114 cm³/mol. The quantitative estimate of drug-likeness (QED) is 0.303. The van der Waals surface area contributed by atoms with Crippen molar-refractivity contribution < 1.29 is 28.8 Å². The van der Waals surface area contributed by atoms with E-state index in [0.29, 0.717) is 5.56 Å². The van der Waals surface area contributed by atoms with Gasteiger partial charge in [-0.1, -0.05) is 24.3 Å². The summed E-state index contributed by atoms with van der Waals surface area (Å²) in [5.74, 6) is -3.64. The number of esters is 1. The number of benzene rings is 2. The fourth-order valence-electron chi connectivity index (χ4n) is 4.94. The van der Waals surface area contributed by atoms with Crippen molar-refractivity contribution in [1.82, 2.24) is 9.80 Å². The molecule has 0 radical (unpaired) electrons. The van der Waals surface area contributed by atoms with Gasteiger partial charge in [0.25, 0.3) is 5.69 Å². The lowest BCUT2D eigenvalue weighted by Gasteiger charge is -2.34. The Morgan fingerprint density at radius 1 is 1.03 bits per heavy atom. The molecule has 2 aromatic rings. The molecule has 33 heavy (non-hydrogen) atoms. The summed E-state index contributed by atoms with van der Waals surface area (Å²) in [7, 11) is 3.75. The van der Waals surface area contributed by atoms with E-state index in [4.69, 9.17) is 4.74 Å². The minimum absolute atomic E-state index is 0.0687. The number of nitro benzene ring substituents is 1. The Bertz CT molecular complexity index is 1210. The van der Waals surface area contributed by atoms with Gasteiger partial charge in [-0.2, -0.15) is 0 Å². The summed E-state index contributed by atoms with van der Waals surface area (Å²) in [6, 6.07) is 10.2. The van der Waals surface area contributed by atoms with Gasteiger partial charge in [-0.25, -0.2) is 9.59 Å². The molecule has 0 unspecified atom stereocenters. The average Bonchev–Trinajstić information content (AvgIpc) is 3.50. The molecular formula is C23H21N3O7. The molecule has 10 nitrogen and oxygen atoms in total. The van der Waals surface area contributed by atoms with E-state index < -0.39 is 46.0 Å². The molecule has 0 aromatic heterocycles. The highest BCUT2D eigenvalue weighted by Gasteiger charge is 2.78. The number of carbonyl (C=O) groups is 4. The molecule has 0 N–H and O–H groups in total. The Labute approximate surface area is 188 Å². The van der Waals surface area contributed by atoms with Gasteiger partial charge in [0.05, 0.1) is 17.6 Å². The van der Waals surface area contributed by atoms with Gasteiger partial charge < -0.3 is 4.74 Å². The predicted octanol–water partition coefficient (Wildman–Crippen LogP) is 2.61. The summed E-state index contributed by atoms with van der Waals surface area (Å²) < 4.78 is 4.73. The molecule has 1 spiro atoms. The molecule has 1 aliphatic carbocycles. The molecule has 170 valence electrons. The highest BCUT2D eigenvalue weighted by Crippen LogP contribution is 2.73. The number of ether oxygens (including phenoxy) is 1. The van der Waals surface area contributed by atoms with Crippen molar-refractivity contribution in [3.05, 3.63) is 74.8 Å². The number of urea groups is 1. The smallest absolute Gasteiger partial charge is 0.338 e. The summed E-state index contributed by atoms with van der Waals surface area (Å²) in [5, 5.41) is 11.6. The summed E-state index contributed by atoms with van der Waals surface area (Å²) in [4.78, 5) is 64.3. The van der Waals surface area contributed by atoms with Crippen LogP contribution in [0.1, 0.15) is 38.9 Å². The maximum atomic E-state index is 13.5. The summed E-state index contributed by atoms with van der Waals surface area (Å²) in [6.07, 6.45) is 0. The maximum Gasteiger partial charge on any atom is 0.338 e. The Morgan fingerprint density at radius 2 is 1.64 bits per heavy atom. The second kappa shape index (κ2) is 7.51. The molecule has 1 saturated heterocycles. The van der Waals surface area contributed by atoms with Crippen molar-refractivity contribution in [1.29, 1.82) is 0 Å². The number of barbiturate groups is 1. The number of amides is 4. The normalized spacial score (nSPS) is 21.4. The average molecular weight is 451 g/mol. The van der Waals surface area contributed by atoms with Crippen LogP contribution in [0.25, 0.3) is 0 Å². The first kappa shape index (κ1) is 22.1. The number of non-ortho nitro benzene ring substituents is 1. The van der Waals surface area contributed by atoms with Gasteiger partial charge in [0.1, 0.15) is 5.41 Å². The van der Waals surface area contributed by atoms with Crippen LogP contribution in [-0.4, -0.2) is 59.7 Å². The van der Waals surface area contributed by atoms with Crippen LogP contribution in [0, 0.1) is 22.5 Å². The van der Waals surface area contributed by atoms with Crippen molar-refractivity contribution in [3.8, 4) is 0 Å². The van der Waals surface area contributed by atoms with E-state index in [1.165, 1.54) is 26.2 Å². The van der Waals surface area contributed by atoms with Gasteiger partial charge in [-0.05, 0) is 29.7 Å². The zero-order valence-corrected chi connectivity index (χ0v) is 18.4. The van der Waals surface area contributed by atoms with Crippen LogP contribution in [0.15, 0.2) is 42.5 Å². The van der Waals surface area contributed by atoms with Crippen LogP contribution in [0.4, 0.5) is 10.5 Å². The van der Waals surface area contributed by atoms with Gasteiger partial charge in [0, 0.05) is 38.1 Å². The summed E-state index contributed by atoms with van der Waals surface area (Å²) in [5.41, 5.74) is -0.285. The van der Waals surface area contributed by atoms with E-state index in [1.54, 1.807) is 12.1 Å². The Morgan fingerprint density at radius 3 is 2.18 bits per heavy atom. The Hall–Kier alpha value is -4.08. The van der Waals surface area contributed by atoms with E-state index in [-0.39, 0.29) is 16.8 Å². The number of imide groups is 2. The van der Waals surface area contributed by atoms with Crippen LogP contribution < -0.4 is 0 Å². The third-order valence-electron chi connectivity index (χ3n) is 6.55. The van der Waals surface area contributed by atoms with Crippen LogP contribution >= 0.6 is 0 Å². The van der Waals surface area contributed by atoms with Gasteiger partial charge in [0.15, 0.2) is 0 Å². The molecule has 10 heteroatoms. The molecule has 1 heterocycles. The van der Waals surface area contributed by atoms with E-state index in [9.17, 15) is 29.3 Å². The fourth-order valence-corrected chi connectivity index (χ4v) is 4.94. The number of hydrogen-bond acceptors (Lipinski definition) is 7. The zero-order valence-electron chi connectivity index (χ0n) is 18.4. The lowest BCUT2D eigenvalue weighted by atomic mass is 9.91. The minimum Gasteiger partial charge on any atom is -0.465 e. The van der Waals surface area contributed by atoms with Crippen LogP contribution in [-0.2, 0) is 14.3 Å². The Balaban J connectivity index is 1.97. The molecule has 4 amide bonds. The standard InChI is InChI=1S/C23H21N3O7/c1-12-7-5-6-8-16(12)18-17(23(18)20(28)24(2)22(30)25(3)21(23)29)13-9-14(19(27)33-4)11-15(10-13)26(31)32/h5-11,17-18H,1-4H3/t17-,18-/m1/s1. The largest absolute Gasteiger partial charge is 0.465 e. The SMILES string of the molecule is COC(=O)c1cc([C@@H]2[C@@H](c3ccccc3C)C23C(=O)N(C)C(=O)N(C)C3=O)cc([N+](=O)[O-])c1. The second-order valence-electron chi connectivity index (χ2n) is 8.25. The van der Waals surface area contributed by atoms with Crippen molar-refractivity contribution in [2.45, 2.75) is 18.8 Å². The van der Waals surface area contributed by atoms with Gasteiger partial charge >= 0.3 is 12.0 Å². The van der Waals surface area contributed by atoms with Crippen molar-refractivity contribution in [3.63, 3.8) is 0 Å². The fraction of sp³-hybridized carbons (Fsp3) is 0.304. The van der Waals surface area contributed by atoms with E-state index in [2.05, 4.69) is 0 Å². The first-order valence-electron chi connectivity index (χ1n) is 10.1. The molecule has 1 aliphatic heterocycles. The molecule has 4 rings (SSSR count). The molecule has 2 aromatic carbocycles. The molecule has 2 atom stereocenters. The van der Waals surface area contributed by atoms with E-state index in [1.807, 2.05) is 19.1 Å². The summed E-state index contributed by atoms with van der Waals surface area (Å²) >= 11 is 0. The van der Waals surface area contributed by atoms with Crippen molar-refractivity contribution in [2.75, 3.05) is 21.2 Å². The third kappa shape index (κ3) is 3.01. The lowest BCUT2D eigenvalue weighted by molar-refractivity contribution is -0.385. The number of aryl methyl sites for hydroxylation is 1. The maximum absolute atomic E-state index is 13.5.